The average Bonchev–Trinajstić information content (AvgIpc) is 3.21. The molecular formula is C19H23N3O3. The number of carbonyl (C=O) groups is 2. The van der Waals surface area contributed by atoms with Crippen LogP contribution in [0.1, 0.15) is 43.1 Å². The highest BCUT2D eigenvalue weighted by Gasteiger charge is 2.45. The number of nitrogens with zero attached hydrogens (tertiary/aromatic N) is 1. The molecule has 0 radical (unpaired) electrons. The summed E-state index contributed by atoms with van der Waals surface area (Å²) < 4.78 is 0. The zero-order chi connectivity index (χ0) is 17.6. The van der Waals surface area contributed by atoms with Gasteiger partial charge < -0.3 is 20.3 Å². The van der Waals surface area contributed by atoms with Crippen molar-refractivity contribution in [1.82, 2.24) is 15.2 Å². The van der Waals surface area contributed by atoms with Crippen LogP contribution in [0, 0.1) is 5.41 Å². The van der Waals surface area contributed by atoms with Gasteiger partial charge in [-0.2, -0.15) is 0 Å². The number of hydrogen-bond acceptors (Lipinski definition) is 3. The second-order valence-electron chi connectivity index (χ2n) is 7.48. The first kappa shape index (κ1) is 16.0. The van der Waals surface area contributed by atoms with E-state index >= 15 is 0 Å². The van der Waals surface area contributed by atoms with Crippen LogP contribution >= 0.6 is 0 Å². The van der Waals surface area contributed by atoms with Gasteiger partial charge in [-0.15, -0.1) is 0 Å². The fourth-order valence-electron chi connectivity index (χ4n) is 3.73. The van der Waals surface area contributed by atoms with E-state index in [-0.39, 0.29) is 17.6 Å². The lowest BCUT2D eigenvalue weighted by Gasteiger charge is -2.33. The number of rotatable bonds is 3. The highest BCUT2D eigenvalue weighted by molar-refractivity contribution is 6.00. The molecule has 1 aromatic carbocycles. The van der Waals surface area contributed by atoms with Gasteiger partial charge >= 0.3 is 0 Å². The Bertz CT molecular complexity index is 828. The minimum Gasteiger partial charge on any atom is -0.508 e. The van der Waals surface area contributed by atoms with Gasteiger partial charge in [-0.25, -0.2) is 0 Å². The van der Waals surface area contributed by atoms with Crippen LogP contribution in [0.15, 0.2) is 24.3 Å². The summed E-state index contributed by atoms with van der Waals surface area (Å²) in [5.74, 6) is -0.187. The summed E-state index contributed by atoms with van der Waals surface area (Å²) in [4.78, 5) is 29.9. The summed E-state index contributed by atoms with van der Waals surface area (Å²) in [6.07, 6.45) is 4.78. The molecule has 1 saturated carbocycles. The van der Waals surface area contributed by atoms with Gasteiger partial charge in [-0.1, -0.05) is 0 Å². The van der Waals surface area contributed by atoms with E-state index in [4.69, 9.17) is 0 Å². The topological polar surface area (TPSA) is 85.4 Å². The molecule has 4 rings (SSSR count). The SMILES string of the molecule is C[C@@H](NC(=O)c1cc2ccc(O)cc2[nH]1)C(=O)N1CCC2(CC1)CC2. The molecule has 2 fully saturated rings. The van der Waals surface area contributed by atoms with Gasteiger partial charge in [0.1, 0.15) is 17.5 Å². The van der Waals surface area contributed by atoms with E-state index in [1.54, 1.807) is 31.2 Å². The van der Waals surface area contributed by atoms with Crippen LogP contribution in [-0.4, -0.2) is 45.9 Å². The summed E-state index contributed by atoms with van der Waals surface area (Å²) in [6.45, 7) is 3.33. The summed E-state index contributed by atoms with van der Waals surface area (Å²) in [7, 11) is 0. The molecule has 2 heterocycles. The van der Waals surface area contributed by atoms with E-state index in [9.17, 15) is 14.7 Å². The molecular weight excluding hydrogens is 318 g/mol. The molecule has 2 aromatic rings. The maximum atomic E-state index is 12.6. The minimum atomic E-state index is -0.555. The number of phenolic OH excluding ortho intramolecular Hbond substituents is 1. The first-order chi connectivity index (χ1) is 12.0. The molecule has 1 atom stereocenters. The number of likely N-dealkylation sites (tertiary alicyclic amines) is 1. The van der Waals surface area contributed by atoms with Crippen molar-refractivity contribution in [2.75, 3.05) is 13.1 Å². The third-order valence-electron chi connectivity index (χ3n) is 5.66. The van der Waals surface area contributed by atoms with Crippen LogP contribution in [0.5, 0.6) is 5.75 Å². The number of fused-ring (bicyclic) bond motifs is 1. The van der Waals surface area contributed by atoms with Gasteiger partial charge in [0.05, 0.1) is 0 Å². The molecule has 1 saturated heterocycles. The van der Waals surface area contributed by atoms with E-state index in [2.05, 4.69) is 10.3 Å². The van der Waals surface area contributed by atoms with Crippen LogP contribution in [0.2, 0.25) is 0 Å². The molecule has 2 amide bonds. The quantitative estimate of drug-likeness (QED) is 0.801. The van der Waals surface area contributed by atoms with Crippen molar-refractivity contribution < 1.29 is 14.7 Å². The van der Waals surface area contributed by atoms with Crippen molar-refractivity contribution in [3.8, 4) is 5.75 Å². The van der Waals surface area contributed by atoms with Gasteiger partial charge in [0.2, 0.25) is 5.91 Å². The molecule has 132 valence electrons. The van der Waals surface area contributed by atoms with Crippen molar-refractivity contribution in [3.63, 3.8) is 0 Å². The number of aromatic amines is 1. The van der Waals surface area contributed by atoms with E-state index < -0.39 is 6.04 Å². The predicted molar refractivity (Wildman–Crippen MR) is 94.4 cm³/mol. The molecule has 6 heteroatoms. The van der Waals surface area contributed by atoms with Gasteiger partial charge in [0.25, 0.3) is 5.91 Å². The lowest BCUT2D eigenvalue weighted by atomic mass is 9.93. The molecule has 0 bridgehead atoms. The van der Waals surface area contributed by atoms with Crippen molar-refractivity contribution in [3.05, 3.63) is 30.0 Å². The fourth-order valence-corrected chi connectivity index (χ4v) is 3.73. The van der Waals surface area contributed by atoms with Crippen molar-refractivity contribution in [2.24, 2.45) is 5.41 Å². The Morgan fingerprint density at radius 1 is 1.20 bits per heavy atom. The fraction of sp³-hybridized carbons (Fsp3) is 0.474. The smallest absolute Gasteiger partial charge is 0.268 e. The number of phenols is 1. The molecule has 2 aliphatic rings. The van der Waals surface area contributed by atoms with Crippen LogP contribution < -0.4 is 5.32 Å². The minimum absolute atomic E-state index is 0.0161. The maximum Gasteiger partial charge on any atom is 0.268 e. The normalized spacial score (nSPS) is 19.8. The van der Waals surface area contributed by atoms with Crippen molar-refractivity contribution >= 4 is 22.7 Å². The van der Waals surface area contributed by atoms with Crippen molar-refractivity contribution in [1.29, 1.82) is 0 Å². The Labute approximate surface area is 146 Å². The largest absolute Gasteiger partial charge is 0.508 e. The number of carbonyl (C=O) groups excluding carboxylic acids is 2. The molecule has 3 N–H and O–H groups in total. The average molecular weight is 341 g/mol. The second-order valence-corrected chi connectivity index (χ2v) is 7.48. The van der Waals surface area contributed by atoms with Crippen LogP contribution in [-0.2, 0) is 4.79 Å². The summed E-state index contributed by atoms with van der Waals surface area (Å²) in [5, 5.41) is 13.1. The number of benzene rings is 1. The Kier molecular flexibility index (Phi) is 3.71. The zero-order valence-corrected chi connectivity index (χ0v) is 14.3. The Balaban J connectivity index is 1.39. The number of aromatic nitrogens is 1. The molecule has 1 aliphatic heterocycles. The number of H-pyrrole nitrogens is 1. The summed E-state index contributed by atoms with van der Waals surface area (Å²) in [6, 6.07) is 6.06. The highest BCUT2D eigenvalue weighted by Crippen LogP contribution is 2.53. The molecule has 0 unspecified atom stereocenters. The summed E-state index contributed by atoms with van der Waals surface area (Å²) >= 11 is 0. The number of amides is 2. The third-order valence-corrected chi connectivity index (χ3v) is 5.66. The molecule has 1 aliphatic carbocycles. The number of piperidine rings is 1. The second kappa shape index (κ2) is 5.79. The van der Waals surface area contributed by atoms with E-state index in [0.29, 0.717) is 16.6 Å². The Hall–Kier alpha value is -2.50. The van der Waals surface area contributed by atoms with Gasteiger partial charge in [0.15, 0.2) is 0 Å². The molecule has 25 heavy (non-hydrogen) atoms. The van der Waals surface area contributed by atoms with E-state index in [1.807, 2.05) is 4.90 Å². The predicted octanol–water partition coefficient (Wildman–Crippen LogP) is 2.39. The van der Waals surface area contributed by atoms with Gasteiger partial charge in [0, 0.05) is 30.1 Å². The van der Waals surface area contributed by atoms with Crippen LogP contribution in [0.3, 0.4) is 0 Å². The van der Waals surface area contributed by atoms with E-state index in [1.165, 1.54) is 12.8 Å². The molecule has 1 aromatic heterocycles. The Morgan fingerprint density at radius 3 is 2.60 bits per heavy atom. The van der Waals surface area contributed by atoms with Crippen LogP contribution in [0.4, 0.5) is 0 Å². The first-order valence-corrected chi connectivity index (χ1v) is 8.87. The van der Waals surface area contributed by atoms with Crippen molar-refractivity contribution in [2.45, 2.75) is 38.6 Å². The maximum absolute atomic E-state index is 12.6. The zero-order valence-electron chi connectivity index (χ0n) is 14.3. The Morgan fingerprint density at radius 2 is 1.92 bits per heavy atom. The standard InChI is InChI=1S/C19H23N3O3/c1-12(18(25)22-8-6-19(4-5-19)7-9-22)20-17(24)16-10-13-2-3-14(23)11-15(13)21-16/h2-3,10-12,21,23H,4-9H2,1H3,(H,20,24)/t12-/m1/s1. The third kappa shape index (κ3) is 3.08. The molecule has 6 nitrogen and oxygen atoms in total. The molecule has 1 spiro atoms. The lowest BCUT2D eigenvalue weighted by molar-refractivity contribution is -0.134. The highest BCUT2D eigenvalue weighted by atomic mass is 16.3. The summed E-state index contributed by atoms with van der Waals surface area (Å²) in [5.41, 5.74) is 1.60. The monoisotopic (exact) mass is 341 g/mol. The van der Waals surface area contributed by atoms with Gasteiger partial charge in [-0.05, 0) is 56.2 Å². The van der Waals surface area contributed by atoms with Crippen LogP contribution in [0.25, 0.3) is 10.9 Å². The van der Waals surface area contributed by atoms with Gasteiger partial charge in [-0.3, -0.25) is 9.59 Å². The van der Waals surface area contributed by atoms with E-state index in [0.717, 1.165) is 31.3 Å². The number of aromatic hydroxyl groups is 1. The number of hydrogen-bond donors (Lipinski definition) is 3. The first-order valence-electron chi connectivity index (χ1n) is 8.87. The lowest BCUT2D eigenvalue weighted by Crippen LogP contribution is -2.49. The number of nitrogens with one attached hydrogen (secondary N) is 2.